The molecule has 134 valence electrons. The summed E-state index contributed by atoms with van der Waals surface area (Å²) >= 11 is 0. The van der Waals surface area contributed by atoms with Crippen molar-refractivity contribution in [1.29, 1.82) is 0 Å². The first-order chi connectivity index (χ1) is 11.9. The Kier molecular flexibility index (Phi) is 5.74. The zero-order valence-electron chi connectivity index (χ0n) is 14.4. The molecule has 2 rings (SSSR count). The molecule has 0 radical (unpaired) electrons. The van der Waals surface area contributed by atoms with Crippen LogP contribution in [-0.2, 0) is 24.7 Å². The number of rotatable bonds is 7. The van der Waals surface area contributed by atoms with Crippen LogP contribution in [0.5, 0.6) is 5.75 Å². The topological polar surface area (TPSA) is 99.2 Å². The minimum atomic E-state index is -0.677. The van der Waals surface area contributed by atoms with E-state index in [1.54, 1.807) is 19.2 Å². The number of carbonyl (C=O) groups excluding carboxylic acids is 2. The van der Waals surface area contributed by atoms with Crippen LogP contribution in [0.25, 0.3) is 0 Å². The zero-order chi connectivity index (χ0) is 18.6. The van der Waals surface area contributed by atoms with Gasteiger partial charge < -0.3 is 15.8 Å². The number of aromatic nitrogens is 2. The van der Waals surface area contributed by atoms with Crippen LogP contribution in [0.2, 0.25) is 0 Å². The minimum absolute atomic E-state index is 0.0420. The monoisotopic (exact) mass is 348 g/mol. The first kappa shape index (κ1) is 18.4. The molecule has 0 saturated carbocycles. The van der Waals surface area contributed by atoms with Gasteiger partial charge in [-0.05, 0) is 24.5 Å². The number of amides is 2. The lowest BCUT2D eigenvalue weighted by Crippen LogP contribution is -2.20. The number of hydrogen-bond donors (Lipinski definition) is 2. The Morgan fingerprint density at radius 1 is 1.40 bits per heavy atom. The number of nitrogens with two attached hydrogens (primary N) is 1. The molecule has 25 heavy (non-hydrogen) atoms. The molecule has 0 fully saturated rings. The third kappa shape index (κ3) is 3.96. The van der Waals surface area contributed by atoms with Crippen LogP contribution in [-0.4, -0.2) is 28.7 Å². The maximum atomic E-state index is 14.1. The Hall–Kier alpha value is -2.90. The number of methoxy groups -OCH3 is 1. The minimum Gasteiger partial charge on any atom is -0.494 e. The Labute approximate surface area is 145 Å². The number of carbonyl (C=O) groups is 2. The van der Waals surface area contributed by atoms with Gasteiger partial charge in [0.2, 0.25) is 5.91 Å². The number of anilines is 1. The summed E-state index contributed by atoms with van der Waals surface area (Å²) in [6, 6.07) is 4.78. The number of benzene rings is 1. The molecule has 0 spiro atoms. The normalized spacial score (nSPS) is 10.6. The highest BCUT2D eigenvalue weighted by molar-refractivity contribution is 6.02. The lowest BCUT2D eigenvalue weighted by atomic mass is 10.1. The van der Waals surface area contributed by atoms with Crippen molar-refractivity contribution in [2.24, 2.45) is 12.8 Å². The molecule has 0 aliphatic carbocycles. The second kappa shape index (κ2) is 7.78. The van der Waals surface area contributed by atoms with Gasteiger partial charge in [0.05, 0.1) is 18.5 Å². The van der Waals surface area contributed by atoms with E-state index in [0.717, 1.165) is 0 Å². The molecule has 0 aliphatic heterocycles. The van der Waals surface area contributed by atoms with Gasteiger partial charge >= 0.3 is 0 Å². The van der Waals surface area contributed by atoms with Gasteiger partial charge in [0.1, 0.15) is 5.69 Å². The molecule has 1 aromatic carbocycles. The smallest absolute Gasteiger partial charge is 0.269 e. The van der Waals surface area contributed by atoms with Gasteiger partial charge in [0, 0.05) is 13.5 Å². The van der Waals surface area contributed by atoms with E-state index in [1.165, 1.54) is 17.9 Å². The van der Waals surface area contributed by atoms with Gasteiger partial charge in [-0.25, -0.2) is 4.39 Å². The molecule has 7 nitrogen and oxygen atoms in total. The molecule has 2 amide bonds. The number of ether oxygens (including phenoxy) is 1. The van der Waals surface area contributed by atoms with Crippen molar-refractivity contribution < 1.29 is 18.7 Å². The fourth-order valence-corrected chi connectivity index (χ4v) is 2.60. The van der Waals surface area contributed by atoms with Crippen molar-refractivity contribution in [3.63, 3.8) is 0 Å². The molecule has 8 heteroatoms. The summed E-state index contributed by atoms with van der Waals surface area (Å²) in [5.41, 5.74) is 6.76. The first-order valence-electron chi connectivity index (χ1n) is 7.85. The highest BCUT2D eigenvalue weighted by Crippen LogP contribution is 2.23. The van der Waals surface area contributed by atoms with Crippen LogP contribution in [0, 0.1) is 5.82 Å². The average Bonchev–Trinajstić information content (AvgIpc) is 2.89. The van der Waals surface area contributed by atoms with Gasteiger partial charge in [0.25, 0.3) is 5.91 Å². The molecule has 0 aliphatic rings. The molecule has 2 aromatic rings. The zero-order valence-corrected chi connectivity index (χ0v) is 14.4. The molecule has 3 N–H and O–H groups in total. The summed E-state index contributed by atoms with van der Waals surface area (Å²) in [4.78, 5) is 23.8. The Morgan fingerprint density at radius 2 is 2.12 bits per heavy atom. The van der Waals surface area contributed by atoms with Gasteiger partial charge in [-0.2, -0.15) is 5.10 Å². The van der Waals surface area contributed by atoms with Gasteiger partial charge in [-0.1, -0.05) is 19.1 Å². The van der Waals surface area contributed by atoms with E-state index in [0.29, 0.717) is 23.4 Å². The average molecular weight is 348 g/mol. The quantitative estimate of drug-likeness (QED) is 0.797. The predicted molar refractivity (Wildman–Crippen MR) is 91.0 cm³/mol. The summed E-state index contributed by atoms with van der Waals surface area (Å²) < 4.78 is 20.4. The second-order valence-electron chi connectivity index (χ2n) is 5.49. The molecular formula is C17H21FN4O3. The van der Waals surface area contributed by atoms with E-state index in [9.17, 15) is 14.0 Å². The number of primary amides is 1. The van der Waals surface area contributed by atoms with Gasteiger partial charge in [-0.3, -0.25) is 14.3 Å². The van der Waals surface area contributed by atoms with Crippen LogP contribution < -0.4 is 15.8 Å². The number of nitrogens with zero attached hydrogens (tertiary/aromatic N) is 2. The molecule has 0 unspecified atom stereocenters. The second-order valence-corrected chi connectivity index (χ2v) is 5.49. The fourth-order valence-electron chi connectivity index (χ4n) is 2.60. The van der Waals surface area contributed by atoms with E-state index >= 15 is 0 Å². The summed E-state index contributed by atoms with van der Waals surface area (Å²) in [5.74, 6) is -1.38. The maximum Gasteiger partial charge on any atom is 0.269 e. The summed E-state index contributed by atoms with van der Waals surface area (Å²) in [6.07, 6.45) is 0.768. The molecule has 0 saturated heterocycles. The number of nitrogens with one attached hydrogen (secondary N) is 1. The van der Waals surface area contributed by atoms with Gasteiger partial charge in [0.15, 0.2) is 11.6 Å². The number of halogens is 1. The molecule has 0 atom stereocenters. The van der Waals surface area contributed by atoms with Crippen molar-refractivity contribution in [1.82, 2.24) is 9.78 Å². The third-order valence-electron chi connectivity index (χ3n) is 3.84. The number of aryl methyl sites for hydroxylation is 3. The lowest BCUT2D eigenvalue weighted by Gasteiger charge is -2.09. The fraction of sp³-hybridized carbons (Fsp3) is 0.353. The van der Waals surface area contributed by atoms with E-state index in [1.807, 2.05) is 6.92 Å². The first-order valence-corrected chi connectivity index (χ1v) is 7.85. The van der Waals surface area contributed by atoms with Crippen molar-refractivity contribution >= 4 is 17.5 Å². The standard InChI is InChI=1S/C17H21FN4O3/c1-4-11-15(16(17(19)24)22(2)21-11)20-13(23)9-8-10-6-5-7-12(25-3)14(10)18/h5-7H,4,8-9H2,1-3H3,(H2,19,24)(H,20,23). The molecule has 0 bridgehead atoms. The molecular weight excluding hydrogens is 327 g/mol. The van der Waals surface area contributed by atoms with Crippen molar-refractivity contribution in [2.75, 3.05) is 12.4 Å². The van der Waals surface area contributed by atoms with E-state index < -0.39 is 11.7 Å². The van der Waals surface area contributed by atoms with Crippen molar-refractivity contribution in [2.45, 2.75) is 26.2 Å². The third-order valence-corrected chi connectivity index (χ3v) is 3.84. The lowest BCUT2D eigenvalue weighted by molar-refractivity contribution is -0.116. The summed E-state index contributed by atoms with van der Waals surface area (Å²) in [7, 11) is 2.97. The molecule has 1 heterocycles. The van der Waals surface area contributed by atoms with Crippen molar-refractivity contribution in [3.05, 3.63) is 41.0 Å². The van der Waals surface area contributed by atoms with Crippen LogP contribution >= 0.6 is 0 Å². The molecule has 1 aromatic heterocycles. The van der Waals surface area contributed by atoms with E-state index in [4.69, 9.17) is 10.5 Å². The van der Waals surface area contributed by atoms with Gasteiger partial charge in [-0.15, -0.1) is 0 Å². The van der Waals surface area contributed by atoms with Crippen LogP contribution in [0.3, 0.4) is 0 Å². The predicted octanol–water partition coefficient (Wildman–Crippen LogP) is 1.80. The Bertz CT molecular complexity index is 801. The largest absolute Gasteiger partial charge is 0.494 e. The van der Waals surface area contributed by atoms with Crippen molar-refractivity contribution in [3.8, 4) is 5.75 Å². The Morgan fingerprint density at radius 3 is 2.72 bits per heavy atom. The van der Waals surface area contributed by atoms with Crippen LogP contribution in [0.15, 0.2) is 18.2 Å². The van der Waals surface area contributed by atoms with Crippen LogP contribution in [0.4, 0.5) is 10.1 Å². The van der Waals surface area contributed by atoms with E-state index in [-0.39, 0.29) is 30.2 Å². The number of hydrogen-bond acceptors (Lipinski definition) is 4. The highest BCUT2D eigenvalue weighted by atomic mass is 19.1. The maximum absolute atomic E-state index is 14.1. The Balaban J connectivity index is 2.13. The summed E-state index contributed by atoms with van der Waals surface area (Å²) in [5, 5.41) is 6.86. The van der Waals surface area contributed by atoms with E-state index in [2.05, 4.69) is 10.4 Å². The SMILES string of the molecule is CCc1nn(C)c(C(N)=O)c1NC(=O)CCc1cccc(OC)c1F. The highest BCUT2D eigenvalue weighted by Gasteiger charge is 2.21. The van der Waals surface area contributed by atoms with Crippen LogP contribution in [0.1, 0.15) is 35.1 Å². The summed E-state index contributed by atoms with van der Waals surface area (Å²) in [6.45, 7) is 1.86.